The zero-order valence-electron chi connectivity index (χ0n) is 9.86. The molecule has 1 rings (SSSR count). The number of halogens is 4. The van der Waals surface area contributed by atoms with E-state index in [0.717, 1.165) is 12.3 Å². The Balaban J connectivity index is 0.00000225. The molecule has 1 atom stereocenters. The lowest BCUT2D eigenvalue weighted by molar-refractivity contribution is -0.475. The van der Waals surface area contributed by atoms with Gasteiger partial charge in [-0.1, -0.05) is 48.7 Å². The molecule has 1 aliphatic rings. The number of rotatable bonds is 1. The second-order valence-electron chi connectivity index (χ2n) is 4.88. The first kappa shape index (κ1) is 16.6. The van der Waals surface area contributed by atoms with Crippen LogP contribution >= 0.6 is 34.8 Å². The van der Waals surface area contributed by atoms with Crippen molar-refractivity contribution in [3.05, 3.63) is 0 Å². The van der Waals surface area contributed by atoms with E-state index in [1.165, 1.54) is 0 Å². The molecule has 0 aromatic heterocycles. The predicted octanol–water partition coefficient (Wildman–Crippen LogP) is 0.236. The van der Waals surface area contributed by atoms with Gasteiger partial charge in [-0.15, -0.1) is 0 Å². The largest absolute Gasteiger partial charge is 1.00 e. The maximum absolute atomic E-state index is 5.80. The summed E-state index contributed by atoms with van der Waals surface area (Å²) in [5.41, 5.74) is 0.0174. The molecular weight excluding hydrogens is 292 g/mol. The lowest BCUT2D eigenvalue weighted by Gasteiger charge is -2.25. The maximum atomic E-state index is 5.80. The zero-order chi connectivity index (χ0) is 11.9. The summed E-state index contributed by atoms with van der Waals surface area (Å²) in [5, 5.41) is 0. The van der Waals surface area contributed by atoms with Crippen LogP contribution in [0.3, 0.4) is 0 Å². The minimum atomic E-state index is -1.25. The molecule has 0 amide bonds. The fourth-order valence-corrected chi connectivity index (χ4v) is 2.08. The average Bonchev–Trinajstić information content (AvgIpc) is 2.24. The van der Waals surface area contributed by atoms with Gasteiger partial charge in [0.1, 0.15) is 20.2 Å². The van der Waals surface area contributed by atoms with E-state index in [2.05, 4.69) is 13.8 Å². The van der Waals surface area contributed by atoms with E-state index in [4.69, 9.17) is 39.5 Å². The molecule has 1 fully saturated rings. The fraction of sp³-hybridized carbons (Fsp3) is 0.900. The standard InChI is InChI=1S/C10H17Cl3NO.ClH/c1-9(2)6-8(14(3)4)15-7(9)5-10(11,12)13;/h7H,5-6H2,1-4H3;1H/q+1;/p-1. The lowest BCUT2D eigenvalue weighted by atomic mass is 9.84. The van der Waals surface area contributed by atoms with Gasteiger partial charge in [-0.3, -0.25) is 0 Å². The van der Waals surface area contributed by atoms with Crippen molar-refractivity contribution in [3.8, 4) is 0 Å². The summed E-state index contributed by atoms with van der Waals surface area (Å²) in [6.45, 7) is 4.26. The normalized spacial score (nSPS) is 23.7. The molecule has 1 heterocycles. The molecule has 0 aromatic rings. The molecule has 0 saturated carbocycles. The number of alkyl halides is 3. The highest BCUT2D eigenvalue weighted by Crippen LogP contribution is 2.43. The van der Waals surface area contributed by atoms with Crippen molar-refractivity contribution < 1.29 is 21.7 Å². The number of nitrogens with zero attached hydrogens (tertiary/aromatic N) is 1. The Hall–Kier alpha value is 0.630. The first-order chi connectivity index (χ1) is 6.62. The van der Waals surface area contributed by atoms with Crippen LogP contribution in [0.1, 0.15) is 26.7 Å². The van der Waals surface area contributed by atoms with Gasteiger partial charge in [-0.2, -0.15) is 0 Å². The van der Waals surface area contributed by atoms with Gasteiger partial charge in [0.05, 0.1) is 6.42 Å². The summed E-state index contributed by atoms with van der Waals surface area (Å²) in [7, 11) is 3.92. The fourth-order valence-electron chi connectivity index (χ4n) is 1.66. The first-order valence-electron chi connectivity index (χ1n) is 4.88. The Labute approximate surface area is 118 Å². The Bertz CT molecular complexity index is 279. The molecule has 1 aliphatic heterocycles. The topological polar surface area (TPSA) is 12.2 Å². The Morgan fingerprint density at radius 3 is 2.19 bits per heavy atom. The molecule has 2 nitrogen and oxygen atoms in total. The Kier molecular flexibility index (Phi) is 5.73. The Morgan fingerprint density at radius 2 is 1.88 bits per heavy atom. The van der Waals surface area contributed by atoms with Crippen LogP contribution < -0.4 is 12.4 Å². The molecule has 1 saturated heterocycles. The van der Waals surface area contributed by atoms with Crippen molar-refractivity contribution in [1.29, 1.82) is 0 Å². The third kappa shape index (κ3) is 4.48. The number of ether oxygens (including phenoxy) is 1. The van der Waals surface area contributed by atoms with Crippen LogP contribution in [-0.2, 0) is 4.74 Å². The van der Waals surface area contributed by atoms with Crippen LogP contribution in [0.2, 0.25) is 0 Å². The van der Waals surface area contributed by atoms with Crippen LogP contribution in [0.4, 0.5) is 0 Å². The van der Waals surface area contributed by atoms with Crippen LogP contribution in [0.15, 0.2) is 0 Å². The molecule has 0 radical (unpaired) electrons. The monoisotopic (exact) mass is 307 g/mol. The lowest BCUT2D eigenvalue weighted by Crippen LogP contribution is -3.00. The van der Waals surface area contributed by atoms with Crippen molar-refractivity contribution in [1.82, 2.24) is 0 Å². The van der Waals surface area contributed by atoms with Gasteiger partial charge in [0.25, 0.3) is 0 Å². The summed E-state index contributed by atoms with van der Waals surface area (Å²) < 4.78 is 6.53. The van der Waals surface area contributed by atoms with Crippen molar-refractivity contribution in [2.24, 2.45) is 5.41 Å². The summed E-state index contributed by atoms with van der Waals surface area (Å²) in [5.74, 6) is 0.958. The van der Waals surface area contributed by atoms with Crippen LogP contribution in [0.25, 0.3) is 0 Å². The minimum Gasteiger partial charge on any atom is -1.00 e. The molecule has 0 aromatic carbocycles. The molecule has 16 heavy (non-hydrogen) atoms. The second-order valence-corrected chi connectivity index (χ2v) is 7.40. The van der Waals surface area contributed by atoms with Gasteiger partial charge >= 0.3 is 5.90 Å². The number of hydrogen-bond donors (Lipinski definition) is 0. The minimum absolute atomic E-state index is 0. The van der Waals surface area contributed by atoms with E-state index >= 15 is 0 Å². The second kappa shape index (κ2) is 5.51. The van der Waals surface area contributed by atoms with Gasteiger partial charge < -0.3 is 17.1 Å². The van der Waals surface area contributed by atoms with Crippen molar-refractivity contribution in [2.45, 2.75) is 36.6 Å². The van der Waals surface area contributed by atoms with E-state index in [0.29, 0.717) is 6.42 Å². The molecule has 0 aliphatic carbocycles. The van der Waals surface area contributed by atoms with Crippen LogP contribution in [0, 0.1) is 5.41 Å². The van der Waals surface area contributed by atoms with Gasteiger partial charge in [-0.25, -0.2) is 4.58 Å². The van der Waals surface area contributed by atoms with E-state index in [-0.39, 0.29) is 23.9 Å². The smallest absolute Gasteiger partial charge is 0.336 e. The van der Waals surface area contributed by atoms with Crippen LogP contribution in [0.5, 0.6) is 0 Å². The molecule has 0 spiro atoms. The highest BCUT2D eigenvalue weighted by molar-refractivity contribution is 6.67. The highest BCUT2D eigenvalue weighted by Gasteiger charge is 2.46. The summed E-state index contributed by atoms with van der Waals surface area (Å²) in [4.78, 5) is 0. The van der Waals surface area contributed by atoms with Crippen LogP contribution in [-0.4, -0.2) is 34.5 Å². The first-order valence-corrected chi connectivity index (χ1v) is 6.02. The molecular formula is C10H17Cl4NO. The van der Waals surface area contributed by atoms with E-state index < -0.39 is 3.79 Å². The van der Waals surface area contributed by atoms with Gasteiger partial charge in [0.2, 0.25) is 0 Å². The third-order valence-electron chi connectivity index (χ3n) is 2.67. The van der Waals surface area contributed by atoms with Gasteiger partial charge in [0, 0.05) is 11.8 Å². The summed E-state index contributed by atoms with van der Waals surface area (Å²) in [6, 6.07) is 0. The summed E-state index contributed by atoms with van der Waals surface area (Å²) >= 11 is 17.4. The SMILES string of the molecule is C[N+](C)=C1CC(C)(C)C(CC(Cl)(Cl)Cl)O1.[Cl-]. The average molecular weight is 309 g/mol. The zero-order valence-corrected chi connectivity index (χ0v) is 12.9. The Morgan fingerprint density at radius 1 is 1.38 bits per heavy atom. The quantitative estimate of drug-likeness (QED) is 0.499. The number of hydrogen-bond acceptors (Lipinski definition) is 1. The van der Waals surface area contributed by atoms with Crippen molar-refractivity contribution in [3.63, 3.8) is 0 Å². The van der Waals surface area contributed by atoms with Crippen molar-refractivity contribution in [2.75, 3.05) is 14.1 Å². The van der Waals surface area contributed by atoms with Gasteiger partial charge in [-0.05, 0) is 0 Å². The van der Waals surface area contributed by atoms with Gasteiger partial charge in [0.15, 0.2) is 3.79 Å². The molecule has 0 bridgehead atoms. The maximum Gasteiger partial charge on any atom is 0.336 e. The van der Waals surface area contributed by atoms with E-state index in [1.54, 1.807) is 0 Å². The third-order valence-corrected chi connectivity index (χ3v) is 3.14. The molecule has 0 N–H and O–H groups in total. The summed E-state index contributed by atoms with van der Waals surface area (Å²) in [6.07, 6.45) is 1.26. The molecule has 96 valence electrons. The van der Waals surface area contributed by atoms with Crippen molar-refractivity contribution >= 4 is 40.7 Å². The highest BCUT2D eigenvalue weighted by atomic mass is 35.6. The predicted molar refractivity (Wildman–Crippen MR) is 65.3 cm³/mol. The van der Waals surface area contributed by atoms with E-state index in [1.807, 2.05) is 18.7 Å². The van der Waals surface area contributed by atoms with E-state index in [9.17, 15) is 0 Å². The molecule has 6 heteroatoms. The molecule has 1 unspecified atom stereocenters.